The molecule has 0 aliphatic carbocycles. The maximum absolute atomic E-state index is 13.8. The fourth-order valence-electron chi connectivity index (χ4n) is 4.22. The van der Waals surface area contributed by atoms with E-state index in [-0.39, 0.29) is 30.5 Å². The molecular formula is C23H28FN3O4S. The van der Waals surface area contributed by atoms with Gasteiger partial charge in [0.25, 0.3) is 5.91 Å². The third-order valence-corrected chi connectivity index (χ3v) is 7.94. The number of sulfonamides is 1. The van der Waals surface area contributed by atoms with Crippen LogP contribution < -0.4 is 10.6 Å². The molecule has 7 nitrogen and oxygen atoms in total. The average Bonchev–Trinajstić information content (AvgIpc) is 2.73. The molecule has 0 atom stereocenters. The molecule has 2 aromatic rings. The Hall–Kier alpha value is -2.78. The van der Waals surface area contributed by atoms with Gasteiger partial charge in [-0.15, -0.1) is 0 Å². The number of benzene rings is 2. The van der Waals surface area contributed by atoms with Crippen LogP contribution >= 0.6 is 0 Å². The second-order valence-corrected chi connectivity index (χ2v) is 10.0. The summed E-state index contributed by atoms with van der Waals surface area (Å²) in [6, 6.07) is 7.52. The molecule has 1 aliphatic heterocycles. The van der Waals surface area contributed by atoms with Crippen molar-refractivity contribution in [1.29, 1.82) is 0 Å². The van der Waals surface area contributed by atoms with Crippen LogP contribution in [0.2, 0.25) is 0 Å². The topological polar surface area (TPSA) is 95.6 Å². The monoisotopic (exact) mass is 461 g/mol. The number of halogens is 1. The van der Waals surface area contributed by atoms with E-state index in [4.69, 9.17) is 0 Å². The zero-order valence-electron chi connectivity index (χ0n) is 18.7. The third-order valence-electron chi connectivity index (χ3n) is 5.73. The van der Waals surface area contributed by atoms with E-state index >= 15 is 0 Å². The van der Waals surface area contributed by atoms with Gasteiger partial charge in [0.05, 0.1) is 10.5 Å². The van der Waals surface area contributed by atoms with Gasteiger partial charge in [-0.1, -0.05) is 17.7 Å². The Morgan fingerprint density at radius 3 is 2.19 bits per heavy atom. The summed E-state index contributed by atoms with van der Waals surface area (Å²) in [7, 11) is -2.26. The highest BCUT2D eigenvalue weighted by Crippen LogP contribution is 2.29. The Morgan fingerprint density at radius 1 is 1.03 bits per heavy atom. The van der Waals surface area contributed by atoms with Crippen LogP contribution in [0.4, 0.5) is 10.1 Å². The van der Waals surface area contributed by atoms with Crippen molar-refractivity contribution in [2.75, 3.05) is 25.5 Å². The summed E-state index contributed by atoms with van der Waals surface area (Å²) in [5.41, 5.74) is 2.59. The van der Waals surface area contributed by atoms with Crippen LogP contribution in [0, 0.1) is 32.5 Å². The van der Waals surface area contributed by atoms with Gasteiger partial charge in [-0.2, -0.15) is 4.31 Å². The van der Waals surface area contributed by atoms with Crippen molar-refractivity contribution in [2.24, 2.45) is 5.92 Å². The number of nitrogens with zero attached hydrogens (tertiary/aromatic N) is 1. The third kappa shape index (κ3) is 4.83. The quantitative estimate of drug-likeness (QED) is 0.715. The Bertz CT molecular complexity index is 1130. The maximum Gasteiger partial charge on any atom is 0.254 e. The molecular weight excluding hydrogens is 433 g/mol. The summed E-state index contributed by atoms with van der Waals surface area (Å²) in [5.74, 6) is -1.92. The highest BCUT2D eigenvalue weighted by atomic mass is 32.2. The van der Waals surface area contributed by atoms with Crippen LogP contribution in [0.5, 0.6) is 0 Å². The molecule has 2 N–H and O–H groups in total. The molecule has 9 heteroatoms. The maximum atomic E-state index is 13.8. The Morgan fingerprint density at radius 2 is 1.62 bits per heavy atom. The summed E-state index contributed by atoms with van der Waals surface area (Å²) in [4.78, 5) is 24.8. The number of aryl methyl sites for hydroxylation is 3. The van der Waals surface area contributed by atoms with Gasteiger partial charge >= 0.3 is 0 Å². The first-order valence-corrected chi connectivity index (χ1v) is 11.9. The number of carbonyl (C=O) groups is 2. The van der Waals surface area contributed by atoms with Gasteiger partial charge in [0.15, 0.2) is 0 Å². The Balaban J connectivity index is 1.68. The Labute approximate surface area is 188 Å². The van der Waals surface area contributed by atoms with Crippen molar-refractivity contribution < 1.29 is 22.4 Å². The smallest absolute Gasteiger partial charge is 0.254 e. The minimum atomic E-state index is -3.66. The predicted octanol–water partition coefficient (Wildman–Crippen LogP) is 3.15. The number of anilines is 1. The van der Waals surface area contributed by atoms with E-state index in [1.54, 1.807) is 13.8 Å². The SMILES string of the molecule is CNC(=O)c1cc(NC(=O)C2CCN(S(=O)(=O)c3c(C)cc(C)cc3C)CC2)ccc1F. The second kappa shape index (κ2) is 9.38. The van der Waals surface area contributed by atoms with E-state index in [0.29, 0.717) is 34.6 Å². The van der Waals surface area contributed by atoms with Gasteiger partial charge in [-0.3, -0.25) is 9.59 Å². The van der Waals surface area contributed by atoms with Crippen molar-refractivity contribution >= 4 is 27.5 Å². The van der Waals surface area contributed by atoms with Crippen LogP contribution in [0.15, 0.2) is 35.2 Å². The number of piperidine rings is 1. The summed E-state index contributed by atoms with van der Waals surface area (Å²) < 4.78 is 41.7. The van der Waals surface area contributed by atoms with Crippen molar-refractivity contribution in [1.82, 2.24) is 9.62 Å². The molecule has 1 aliphatic rings. The lowest BCUT2D eigenvalue weighted by molar-refractivity contribution is -0.120. The first kappa shape index (κ1) is 23.9. The number of amides is 2. The number of hydrogen-bond donors (Lipinski definition) is 2. The van der Waals surface area contributed by atoms with Crippen molar-refractivity contribution in [2.45, 2.75) is 38.5 Å². The summed E-state index contributed by atoms with van der Waals surface area (Å²) in [5, 5.41) is 5.07. The van der Waals surface area contributed by atoms with Crippen LogP contribution in [0.3, 0.4) is 0 Å². The van der Waals surface area contributed by atoms with E-state index < -0.39 is 21.7 Å². The molecule has 0 spiro atoms. The largest absolute Gasteiger partial charge is 0.355 e. The van der Waals surface area contributed by atoms with Crippen molar-refractivity contribution in [3.05, 3.63) is 58.4 Å². The second-order valence-electron chi connectivity index (χ2n) is 8.17. The lowest BCUT2D eigenvalue weighted by atomic mass is 9.97. The fourth-order valence-corrected chi connectivity index (χ4v) is 6.10. The molecule has 1 fully saturated rings. The van der Waals surface area contributed by atoms with Gasteiger partial charge in [0.1, 0.15) is 5.82 Å². The summed E-state index contributed by atoms with van der Waals surface area (Å²) in [6.45, 7) is 5.99. The minimum absolute atomic E-state index is 0.157. The molecule has 0 radical (unpaired) electrons. The van der Waals surface area contributed by atoms with E-state index in [1.807, 2.05) is 19.1 Å². The Kier molecular flexibility index (Phi) is 7.00. The van der Waals surface area contributed by atoms with Gasteiger partial charge in [0, 0.05) is 31.7 Å². The molecule has 0 aromatic heterocycles. The first-order chi connectivity index (χ1) is 15.0. The molecule has 0 saturated carbocycles. The zero-order chi connectivity index (χ0) is 23.6. The van der Waals surface area contributed by atoms with E-state index in [1.165, 1.54) is 23.5 Å². The zero-order valence-corrected chi connectivity index (χ0v) is 19.5. The summed E-state index contributed by atoms with van der Waals surface area (Å²) in [6.07, 6.45) is 0.747. The first-order valence-electron chi connectivity index (χ1n) is 10.4. The highest BCUT2D eigenvalue weighted by Gasteiger charge is 2.33. The lowest BCUT2D eigenvalue weighted by Crippen LogP contribution is -2.41. The normalized spacial score (nSPS) is 15.4. The number of carbonyl (C=O) groups excluding carboxylic acids is 2. The summed E-state index contributed by atoms with van der Waals surface area (Å²) >= 11 is 0. The number of hydrogen-bond acceptors (Lipinski definition) is 4. The van der Waals surface area contributed by atoms with Crippen molar-refractivity contribution in [3.63, 3.8) is 0 Å². The number of nitrogens with one attached hydrogen (secondary N) is 2. The molecule has 0 bridgehead atoms. The molecule has 2 aromatic carbocycles. The van der Waals surface area contributed by atoms with E-state index in [2.05, 4.69) is 10.6 Å². The fraction of sp³-hybridized carbons (Fsp3) is 0.391. The van der Waals surface area contributed by atoms with Crippen molar-refractivity contribution in [3.8, 4) is 0 Å². The average molecular weight is 462 g/mol. The molecule has 172 valence electrons. The van der Waals surface area contributed by atoms with Gasteiger partial charge < -0.3 is 10.6 Å². The van der Waals surface area contributed by atoms with Gasteiger partial charge in [-0.05, 0) is 62.9 Å². The van der Waals surface area contributed by atoms with Crippen LogP contribution in [0.25, 0.3) is 0 Å². The van der Waals surface area contributed by atoms with E-state index in [0.717, 1.165) is 11.6 Å². The molecule has 1 heterocycles. The molecule has 1 saturated heterocycles. The molecule has 3 rings (SSSR count). The van der Waals surface area contributed by atoms with Gasteiger partial charge in [0.2, 0.25) is 15.9 Å². The highest BCUT2D eigenvalue weighted by molar-refractivity contribution is 7.89. The van der Waals surface area contributed by atoms with Crippen LogP contribution in [0.1, 0.15) is 39.9 Å². The number of rotatable bonds is 5. The predicted molar refractivity (Wildman–Crippen MR) is 121 cm³/mol. The molecule has 0 unspecified atom stereocenters. The van der Waals surface area contributed by atoms with Crippen LogP contribution in [-0.2, 0) is 14.8 Å². The van der Waals surface area contributed by atoms with Crippen LogP contribution in [-0.4, -0.2) is 44.7 Å². The minimum Gasteiger partial charge on any atom is -0.355 e. The standard InChI is InChI=1S/C23H28FN3O4S/c1-14-11-15(2)21(16(3)12-14)32(30,31)27-9-7-17(8-10-27)22(28)26-18-5-6-20(24)19(13-18)23(29)25-4/h5-6,11-13,17H,7-10H2,1-4H3,(H,25,29)(H,26,28). The molecule has 2 amide bonds. The van der Waals surface area contributed by atoms with Gasteiger partial charge in [-0.25, -0.2) is 12.8 Å². The lowest BCUT2D eigenvalue weighted by Gasteiger charge is -2.31. The van der Waals surface area contributed by atoms with E-state index in [9.17, 15) is 22.4 Å². The molecule has 32 heavy (non-hydrogen) atoms.